The van der Waals surface area contributed by atoms with Crippen LogP contribution in [0.2, 0.25) is 0 Å². The van der Waals surface area contributed by atoms with Crippen molar-refractivity contribution in [2.45, 2.75) is 5.41 Å². The van der Waals surface area contributed by atoms with Crippen molar-refractivity contribution in [3.05, 3.63) is 192 Å². The van der Waals surface area contributed by atoms with E-state index < -0.39 is 5.41 Å². The fraction of sp³-hybridized carbons (Fsp3) is 0.0204. The summed E-state index contributed by atoms with van der Waals surface area (Å²) in [5, 5.41) is 13.1. The molecule has 0 heteroatoms. The minimum Gasteiger partial charge on any atom is -0.0619 e. The zero-order chi connectivity index (χ0) is 31.8. The number of benzene rings is 10. The molecule has 0 N–H and O–H groups in total. The van der Waals surface area contributed by atoms with Crippen LogP contribution >= 0.6 is 0 Å². The fourth-order valence-electron chi connectivity index (χ4n) is 9.87. The Kier molecular flexibility index (Phi) is 4.74. The third-order valence-corrected chi connectivity index (χ3v) is 11.8. The standard InChI is InChI=1S/C49H28/c1-2-11-33-27-44-41(26-32(33)10-1)48-38-17-4-3-14-34(38)40(28-45(48)49(44)42-18-7-5-15-36(42)37-16-6-8-19-43(37)49)35-24-22-31-21-20-29-12-9-13-30-23-25-39(35)47(31)46(29)30/h1-28H. The third-order valence-electron chi connectivity index (χ3n) is 11.8. The van der Waals surface area contributed by atoms with Crippen LogP contribution in [0, 0.1) is 0 Å². The van der Waals surface area contributed by atoms with Gasteiger partial charge in [0.2, 0.25) is 0 Å². The second-order valence-corrected chi connectivity index (χ2v) is 13.9. The third kappa shape index (κ3) is 3.07. The molecule has 0 aromatic heterocycles. The summed E-state index contributed by atoms with van der Waals surface area (Å²) in [5.41, 5.74) is 13.1. The molecule has 10 aromatic carbocycles. The highest BCUT2D eigenvalue weighted by molar-refractivity contribution is 6.26. The van der Waals surface area contributed by atoms with Crippen LogP contribution in [0.25, 0.3) is 87.2 Å². The van der Waals surface area contributed by atoms with Crippen molar-refractivity contribution in [3.8, 4) is 33.4 Å². The van der Waals surface area contributed by atoms with Crippen LogP contribution in [0.15, 0.2) is 170 Å². The van der Waals surface area contributed by atoms with Crippen LogP contribution in [-0.2, 0) is 5.41 Å². The Morgan fingerprint density at radius 3 is 1.59 bits per heavy atom. The van der Waals surface area contributed by atoms with Crippen LogP contribution in [0.4, 0.5) is 0 Å². The van der Waals surface area contributed by atoms with Gasteiger partial charge >= 0.3 is 0 Å². The van der Waals surface area contributed by atoms with Gasteiger partial charge in [-0.25, -0.2) is 0 Å². The Labute approximate surface area is 283 Å². The van der Waals surface area contributed by atoms with Gasteiger partial charge in [0.1, 0.15) is 0 Å². The lowest BCUT2D eigenvalue weighted by Gasteiger charge is -2.31. The molecule has 0 bridgehead atoms. The average Bonchev–Trinajstić information content (AvgIpc) is 3.62. The molecule has 1 spiro atoms. The largest absolute Gasteiger partial charge is 0.0726 e. The summed E-state index contributed by atoms with van der Waals surface area (Å²) in [6, 6.07) is 64.4. The minimum atomic E-state index is -0.426. The molecule has 0 amide bonds. The first-order valence-corrected chi connectivity index (χ1v) is 17.3. The monoisotopic (exact) mass is 616 g/mol. The van der Waals surface area contributed by atoms with Crippen LogP contribution < -0.4 is 0 Å². The topological polar surface area (TPSA) is 0 Å². The van der Waals surface area contributed by atoms with Crippen molar-refractivity contribution < 1.29 is 0 Å². The van der Waals surface area contributed by atoms with E-state index in [4.69, 9.17) is 0 Å². The molecule has 0 atom stereocenters. The van der Waals surface area contributed by atoms with Gasteiger partial charge in [-0.15, -0.1) is 0 Å². The zero-order valence-corrected chi connectivity index (χ0v) is 26.7. The molecule has 49 heavy (non-hydrogen) atoms. The van der Waals surface area contributed by atoms with Gasteiger partial charge in [-0.1, -0.05) is 152 Å². The molecule has 0 saturated carbocycles. The first kappa shape index (κ1) is 25.8. The molecule has 2 aliphatic rings. The zero-order valence-electron chi connectivity index (χ0n) is 26.7. The fourth-order valence-corrected chi connectivity index (χ4v) is 9.87. The van der Waals surface area contributed by atoms with E-state index in [2.05, 4.69) is 170 Å². The van der Waals surface area contributed by atoms with E-state index in [0.29, 0.717) is 0 Å². The summed E-state index contributed by atoms with van der Waals surface area (Å²) in [4.78, 5) is 0. The molecular weight excluding hydrogens is 589 g/mol. The average molecular weight is 617 g/mol. The van der Waals surface area contributed by atoms with Crippen LogP contribution in [-0.4, -0.2) is 0 Å². The second kappa shape index (κ2) is 9.01. The quantitative estimate of drug-likeness (QED) is 0.161. The Bertz CT molecular complexity index is 2990. The van der Waals surface area contributed by atoms with Crippen molar-refractivity contribution >= 4 is 53.9 Å². The van der Waals surface area contributed by atoms with Crippen molar-refractivity contribution in [2.75, 3.05) is 0 Å². The molecule has 0 aliphatic heterocycles. The molecule has 2 aliphatic carbocycles. The van der Waals surface area contributed by atoms with Gasteiger partial charge in [0.25, 0.3) is 0 Å². The van der Waals surface area contributed by atoms with Crippen molar-refractivity contribution in [2.24, 2.45) is 0 Å². The minimum absolute atomic E-state index is 0.426. The maximum atomic E-state index is 2.58. The maximum Gasteiger partial charge on any atom is 0.0726 e. The molecule has 0 nitrogen and oxygen atoms in total. The van der Waals surface area contributed by atoms with Gasteiger partial charge in [-0.05, 0) is 128 Å². The van der Waals surface area contributed by atoms with Crippen LogP contribution in [0.1, 0.15) is 22.3 Å². The predicted molar refractivity (Wildman–Crippen MR) is 207 cm³/mol. The second-order valence-electron chi connectivity index (χ2n) is 13.9. The smallest absolute Gasteiger partial charge is 0.0619 e. The Balaban J connectivity index is 1.29. The summed E-state index contributed by atoms with van der Waals surface area (Å²) in [5.74, 6) is 0. The van der Waals surface area contributed by atoms with E-state index in [1.807, 2.05) is 0 Å². The highest BCUT2D eigenvalue weighted by Gasteiger charge is 2.52. The molecule has 0 saturated heterocycles. The Hall–Kier alpha value is -6.24. The van der Waals surface area contributed by atoms with Gasteiger partial charge < -0.3 is 0 Å². The van der Waals surface area contributed by atoms with E-state index in [-0.39, 0.29) is 0 Å². The SMILES string of the molecule is c1ccc2c(c1)-c1ccccc1C21c2cc3ccccc3cc2-c2c1cc(-c1ccc3ccc4cccc5ccc1c3c45)c1ccccc21. The molecule has 0 fully saturated rings. The van der Waals surface area contributed by atoms with Crippen LogP contribution in [0.5, 0.6) is 0 Å². The van der Waals surface area contributed by atoms with Crippen LogP contribution in [0.3, 0.4) is 0 Å². The Morgan fingerprint density at radius 1 is 0.265 bits per heavy atom. The van der Waals surface area contributed by atoms with E-state index in [9.17, 15) is 0 Å². The first-order chi connectivity index (χ1) is 24.3. The normalized spacial score (nSPS) is 13.9. The number of hydrogen-bond acceptors (Lipinski definition) is 0. The van der Waals surface area contributed by atoms with E-state index >= 15 is 0 Å². The van der Waals surface area contributed by atoms with Gasteiger partial charge in [0, 0.05) is 0 Å². The summed E-state index contributed by atoms with van der Waals surface area (Å²) < 4.78 is 0. The summed E-state index contributed by atoms with van der Waals surface area (Å²) in [6.45, 7) is 0. The highest BCUT2D eigenvalue weighted by Crippen LogP contribution is 2.65. The highest BCUT2D eigenvalue weighted by atomic mass is 14.5. The molecule has 12 rings (SSSR count). The summed E-state index contributed by atoms with van der Waals surface area (Å²) in [6.07, 6.45) is 0. The lowest BCUT2D eigenvalue weighted by Crippen LogP contribution is -2.26. The van der Waals surface area contributed by atoms with E-state index in [1.165, 1.54) is 109 Å². The summed E-state index contributed by atoms with van der Waals surface area (Å²) >= 11 is 0. The predicted octanol–water partition coefficient (Wildman–Crippen LogP) is 12.9. The Morgan fingerprint density at radius 2 is 0.837 bits per heavy atom. The lowest BCUT2D eigenvalue weighted by atomic mass is 9.69. The molecule has 224 valence electrons. The van der Waals surface area contributed by atoms with Gasteiger partial charge in [0.05, 0.1) is 5.41 Å². The van der Waals surface area contributed by atoms with Crippen molar-refractivity contribution in [3.63, 3.8) is 0 Å². The van der Waals surface area contributed by atoms with E-state index in [0.717, 1.165) is 0 Å². The molecule has 10 aromatic rings. The van der Waals surface area contributed by atoms with Crippen molar-refractivity contribution in [1.29, 1.82) is 0 Å². The number of hydrogen-bond donors (Lipinski definition) is 0. The lowest BCUT2D eigenvalue weighted by molar-refractivity contribution is 0.796. The van der Waals surface area contributed by atoms with Gasteiger partial charge in [-0.2, -0.15) is 0 Å². The maximum absolute atomic E-state index is 2.58. The van der Waals surface area contributed by atoms with Gasteiger partial charge in [-0.3, -0.25) is 0 Å². The number of rotatable bonds is 1. The summed E-state index contributed by atoms with van der Waals surface area (Å²) in [7, 11) is 0. The van der Waals surface area contributed by atoms with E-state index in [1.54, 1.807) is 0 Å². The number of fused-ring (bicyclic) bond motifs is 13. The van der Waals surface area contributed by atoms with Gasteiger partial charge in [0.15, 0.2) is 0 Å². The first-order valence-electron chi connectivity index (χ1n) is 17.3. The van der Waals surface area contributed by atoms with Crippen molar-refractivity contribution in [1.82, 2.24) is 0 Å². The molecule has 0 unspecified atom stereocenters. The molecule has 0 radical (unpaired) electrons. The molecule has 0 heterocycles. The molecular formula is C49H28.